The molecule has 6 nitrogen and oxygen atoms in total. The van der Waals surface area contributed by atoms with E-state index in [1.807, 2.05) is 6.20 Å². The van der Waals surface area contributed by atoms with Gasteiger partial charge >= 0.3 is 0 Å². The van der Waals surface area contributed by atoms with Gasteiger partial charge in [-0.1, -0.05) is 36.4 Å². The average molecular weight is 424 g/mol. The fraction of sp³-hybridized carbons (Fsp3) is 0.520. The standard InChI is InChI=1S/C25H37N5O/c1-5-26-25(29-19(2)11-12-22-9-7-6-8-10-22)28-16-23-13-14-24(27-15-23)30-17-20(3)31-21(4)18-30/h6-10,13-15,19-21H,5,11-12,16-18H2,1-4H3,(H2,26,28,29). The van der Waals surface area contributed by atoms with E-state index in [1.54, 1.807) is 0 Å². The first-order valence-electron chi connectivity index (χ1n) is 11.5. The smallest absolute Gasteiger partial charge is 0.191 e. The van der Waals surface area contributed by atoms with E-state index in [2.05, 4.69) is 90.7 Å². The van der Waals surface area contributed by atoms with Crippen molar-refractivity contribution in [2.24, 2.45) is 4.99 Å². The van der Waals surface area contributed by atoms with Crippen molar-refractivity contribution in [2.75, 3.05) is 24.5 Å². The number of guanidine groups is 1. The van der Waals surface area contributed by atoms with Crippen LogP contribution < -0.4 is 15.5 Å². The Morgan fingerprint density at radius 3 is 2.52 bits per heavy atom. The van der Waals surface area contributed by atoms with Crippen molar-refractivity contribution in [1.82, 2.24) is 15.6 Å². The summed E-state index contributed by atoms with van der Waals surface area (Å²) in [6.07, 6.45) is 4.51. The van der Waals surface area contributed by atoms with E-state index in [0.717, 1.165) is 49.8 Å². The molecule has 1 saturated heterocycles. The summed E-state index contributed by atoms with van der Waals surface area (Å²) in [4.78, 5) is 11.7. The molecule has 31 heavy (non-hydrogen) atoms. The fourth-order valence-corrected chi connectivity index (χ4v) is 3.89. The molecule has 3 rings (SSSR count). The molecule has 2 heterocycles. The Bertz CT molecular complexity index is 798. The fourth-order valence-electron chi connectivity index (χ4n) is 3.89. The molecule has 1 aromatic carbocycles. The zero-order chi connectivity index (χ0) is 22.1. The van der Waals surface area contributed by atoms with Gasteiger partial charge in [-0.25, -0.2) is 9.98 Å². The maximum atomic E-state index is 5.82. The van der Waals surface area contributed by atoms with Gasteiger partial charge in [0.1, 0.15) is 5.82 Å². The number of nitrogens with one attached hydrogen (secondary N) is 2. The Labute approximate surface area is 187 Å². The van der Waals surface area contributed by atoms with Crippen LogP contribution in [0.15, 0.2) is 53.7 Å². The normalized spacial score (nSPS) is 20.4. The van der Waals surface area contributed by atoms with Crippen LogP contribution in [-0.4, -0.2) is 48.8 Å². The second-order valence-corrected chi connectivity index (χ2v) is 8.45. The molecule has 2 N–H and O–H groups in total. The van der Waals surface area contributed by atoms with E-state index in [0.29, 0.717) is 12.6 Å². The van der Waals surface area contributed by atoms with Crippen LogP contribution in [0.3, 0.4) is 0 Å². The quantitative estimate of drug-likeness (QED) is 0.500. The van der Waals surface area contributed by atoms with Gasteiger partial charge in [0.15, 0.2) is 5.96 Å². The number of morpholine rings is 1. The van der Waals surface area contributed by atoms with E-state index >= 15 is 0 Å². The number of hydrogen-bond acceptors (Lipinski definition) is 4. The van der Waals surface area contributed by atoms with Gasteiger partial charge in [0.2, 0.25) is 0 Å². The maximum Gasteiger partial charge on any atom is 0.191 e. The number of pyridine rings is 1. The Morgan fingerprint density at radius 1 is 1.13 bits per heavy atom. The monoisotopic (exact) mass is 423 g/mol. The molecule has 1 aromatic heterocycles. The van der Waals surface area contributed by atoms with Gasteiger partial charge < -0.3 is 20.3 Å². The third kappa shape index (κ3) is 7.55. The highest BCUT2D eigenvalue weighted by molar-refractivity contribution is 5.80. The Hall–Kier alpha value is -2.60. The first kappa shape index (κ1) is 23.1. The molecule has 0 radical (unpaired) electrons. The number of nitrogens with zero attached hydrogens (tertiary/aromatic N) is 3. The van der Waals surface area contributed by atoms with Gasteiger partial charge in [-0.15, -0.1) is 0 Å². The van der Waals surface area contributed by atoms with Gasteiger partial charge in [0.05, 0.1) is 18.8 Å². The van der Waals surface area contributed by atoms with E-state index < -0.39 is 0 Å². The van der Waals surface area contributed by atoms with Crippen molar-refractivity contribution in [1.29, 1.82) is 0 Å². The van der Waals surface area contributed by atoms with Crippen molar-refractivity contribution in [3.05, 3.63) is 59.8 Å². The highest BCUT2D eigenvalue weighted by Crippen LogP contribution is 2.18. The molecule has 3 unspecified atom stereocenters. The molecule has 1 aliphatic heterocycles. The number of aromatic nitrogens is 1. The molecule has 0 amide bonds. The molecule has 2 aromatic rings. The van der Waals surface area contributed by atoms with Crippen LogP contribution in [-0.2, 0) is 17.7 Å². The van der Waals surface area contributed by atoms with Crippen LogP contribution in [0.25, 0.3) is 0 Å². The zero-order valence-electron chi connectivity index (χ0n) is 19.3. The van der Waals surface area contributed by atoms with Gasteiger partial charge in [-0.3, -0.25) is 0 Å². The van der Waals surface area contributed by atoms with Crippen molar-refractivity contribution < 1.29 is 4.74 Å². The third-order valence-corrected chi connectivity index (χ3v) is 5.41. The Kier molecular flexibility index (Phi) is 8.71. The highest BCUT2D eigenvalue weighted by Gasteiger charge is 2.22. The largest absolute Gasteiger partial charge is 0.372 e. The predicted octanol–water partition coefficient (Wildman–Crippen LogP) is 3.77. The zero-order valence-corrected chi connectivity index (χ0v) is 19.3. The maximum absolute atomic E-state index is 5.82. The topological polar surface area (TPSA) is 61.8 Å². The minimum atomic E-state index is 0.229. The molecule has 1 fully saturated rings. The lowest BCUT2D eigenvalue weighted by molar-refractivity contribution is -0.00545. The summed E-state index contributed by atoms with van der Waals surface area (Å²) in [6.45, 7) is 11.7. The second-order valence-electron chi connectivity index (χ2n) is 8.45. The molecule has 0 spiro atoms. The summed E-state index contributed by atoms with van der Waals surface area (Å²) < 4.78 is 5.82. The molecule has 1 aliphatic rings. The number of hydrogen-bond donors (Lipinski definition) is 2. The van der Waals surface area contributed by atoms with E-state index in [4.69, 9.17) is 9.73 Å². The molecular weight excluding hydrogens is 386 g/mol. The number of ether oxygens (including phenoxy) is 1. The van der Waals surface area contributed by atoms with E-state index in [9.17, 15) is 0 Å². The molecular formula is C25H37N5O. The summed E-state index contributed by atoms with van der Waals surface area (Å²) in [5.41, 5.74) is 2.47. The molecule has 0 saturated carbocycles. The lowest BCUT2D eigenvalue weighted by atomic mass is 10.1. The highest BCUT2D eigenvalue weighted by atomic mass is 16.5. The van der Waals surface area contributed by atoms with Gasteiger partial charge in [-0.05, 0) is 57.7 Å². The summed E-state index contributed by atoms with van der Waals surface area (Å²) in [6, 6.07) is 15.2. The van der Waals surface area contributed by atoms with Crippen LogP contribution in [0.5, 0.6) is 0 Å². The lowest BCUT2D eigenvalue weighted by Crippen LogP contribution is -2.45. The molecule has 6 heteroatoms. The van der Waals surface area contributed by atoms with Gasteiger partial charge in [0.25, 0.3) is 0 Å². The lowest BCUT2D eigenvalue weighted by Gasteiger charge is -2.36. The first-order valence-corrected chi connectivity index (χ1v) is 11.5. The SMILES string of the molecule is CCNC(=NCc1ccc(N2CC(C)OC(C)C2)nc1)NC(C)CCc1ccccc1. The third-order valence-electron chi connectivity index (χ3n) is 5.41. The van der Waals surface area contributed by atoms with Crippen molar-refractivity contribution in [3.63, 3.8) is 0 Å². The molecule has 0 bridgehead atoms. The van der Waals surface area contributed by atoms with Crippen LogP contribution in [0.4, 0.5) is 5.82 Å². The molecule has 168 valence electrons. The Balaban J connectivity index is 1.53. The number of rotatable bonds is 8. The van der Waals surface area contributed by atoms with E-state index in [1.165, 1.54) is 5.56 Å². The first-order chi connectivity index (χ1) is 15.0. The number of aliphatic imine (C=N–C) groups is 1. The number of aryl methyl sites for hydroxylation is 1. The predicted molar refractivity (Wildman–Crippen MR) is 129 cm³/mol. The van der Waals surface area contributed by atoms with Crippen molar-refractivity contribution in [3.8, 4) is 0 Å². The van der Waals surface area contributed by atoms with Crippen molar-refractivity contribution in [2.45, 2.75) is 65.3 Å². The molecule has 0 aliphatic carbocycles. The van der Waals surface area contributed by atoms with Gasteiger partial charge in [-0.2, -0.15) is 0 Å². The summed E-state index contributed by atoms with van der Waals surface area (Å²) in [5, 5.41) is 6.88. The summed E-state index contributed by atoms with van der Waals surface area (Å²) in [7, 11) is 0. The summed E-state index contributed by atoms with van der Waals surface area (Å²) >= 11 is 0. The van der Waals surface area contributed by atoms with Crippen LogP contribution >= 0.6 is 0 Å². The van der Waals surface area contributed by atoms with Crippen molar-refractivity contribution >= 4 is 11.8 Å². The average Bonchev–Trinajstić information content (AvgIpc) is 2.77. The minimum absolute atomic E-state index is 0.229. The van der Waals surface area contributed by atoms with Crippen LogP contribution in [0.2, 0.25) is 0 Å². The Morgan fingerprint density at radius 2 is 1.87 bits per heavy atom. The minimum Gasteiger partial charge on any atom is -0.372 e. The van der Waals surface area contributed by atoms with Crippen LogP contribution in [0, 0.1) is 0 Å². The van der Waals surface area contributed by atoms with Crippen LogP contribution in [0.1, 0.15) is 45.2 Å². The van der Waals surface area contributed by atoms with E-state index in [-0.39, 0.29) is 12.2 Å². The number of benzene rings is 1. The number of anilines is 1. The second kappa shape index (κ2) is 11.7. The summed E-state index contributed by atoms with van der Waals surface area (Å²) in [5.74, 6) is 1.86. The van der Waals surface area contributed by atoms with Gasteiger partial charge in [0, 0.05) is 31.9 Å². The molecule has 3 atom stereocenters.